The molecule has 0 bridgehead atoms. The van der Waals surface area contributed by atoms with E-state index in [-0.39, 0.29) is 61.8 Å². The van der Waals surface area contributed by atoms with Crippen LogP contribution in [0.2, 0.25) is 0 Å². The third-order valence-electron chi connectivity index (χ3n) is 20.6. The van der Waals surface area contributed by atoms with E-state index in [1.165, 1.54) is 80.7 Å². The summed E-state index contributed by atoms with van der Waals surface area (Å²) in [6.45, 7) is 5.61. The minimum atomic E-state index is -1.66. The van der Waals surface area contributed by atoms with E-state index in [9.17, 15) is 86.9 Å². The smallest absolute Gasteiger partial charge is 0.307 e. The maximum atomic E-state index is 14.1. The van der Waals surface area contributed by atoms with E-state index in [2.05, 4.69) is 72.8 Å². The highest BCUT2D eigenvalue weighted by molar-refractivity contribution is 8.77. The van der Waals surface area contributed by atoms with Gasteiger partial charge >= 0.3 is 17.6 Å². The first-order valence-corrected chi connectivity index (χ1v) is 45.3. The zero-order valence-electron chi connectivity index (χ0n) is 68.8. The molecule has 14 amide bonds. The summed E-state index contributed by atoms with van der Waals surface area (Å²) in [5, 5.41) is 50.6. The van der Waals surface area contributed by atoms with Gasteiger partial charge in [0.05, 0.1) is 51.4 Å². The van der Waals surface area contributed by atoms with Gasteiger partial charge in [-0.25, -0.2) is 13.5 Å². The molecule has 18 N–H and O–H groups in total. The number of nitrogens with two attached hydrogens (primary N) is 2. The van der Waals surface area contributed by atoms with Crippen LogP contribution in [0, 0.1) is 0 Å². The summed E-state index contributed by atoms with van der Waals surface area (Å²) in [4.78, 5) is 219. The van der Waals surface area contributed by atoms with Crippen molar-refractivity contribution in [2.45, 2.75) is 178 Å². The van der Waals surface area contributed by atoms with Crippen LogP contribution in [0.1, 0.15) is 103 Å². The van der Waals surface area contributed by atoms with Crippen LogP contribution in [-0.4, -0.2) is 248 Å². The van der Waals surface area contributed by atoms with Crippen LogP contribution in [0.25, 0.3) is 33.1 Å². The second-order valence-electron chi connectivity index (χ2n) is 29.6. The number of fused-ring (bicyclic) bond motifs is 4. The Labute approximate surface area is 728 Å². The van der Waals surface area contributed by atoms with E-state index in [1.807, 2.05) is 119 Å². The number of nitrogens with one attached hydrogen (secondary N) is 12. The number of aryl methyl sites for hydroxylation is 2. The Kier molecular flexibility index (Phi) is 36.5. The van der Waals surface area contributed by atoms with E-state index >= 15 is 0 Å². The number of carbonyl (C=O) groups is 16. The maximum Gasteiger partial charge on any atom is 0.307 e. The van der Waals surface area contributed by atoms with Gasteiger partial charge in [0, 0.05) is 95.3 Å². The Balaban J connectivity index is 0.000000281. The molecule has 2 aliphatic rings. The molecular formula is C81H105N21O18S4+2. The van der Waals surface area contributed by atoms with Crippen molar-refractivity contribution in [3.63, 3.8) is 0 Å². The summed E-state index contributed by atoms with van der Waals surface area (Å²) in [6.07, 6.45) is 16.4. The van der Waals surface area contributed by atoms with Gasteiger partial charge in [0.2, 0.25) is 82.7 Å². The molecule has 2 aromatic carbocycles. The van der Waals surface area contributed by atoms with Crippen LogP contribution >= 0.6 is 43.2 Å². The summed E-state index contributed by atoms with van der Waals surface area (Å²) >= 11 is 0. The maximum absolute atomic E-state index is 14.1. The van der Waals surface area contributed by atoms with Crippen LogP contribution in [0.5, 0.6) is 0 Å². The number of carboxylic acid groups (broad SMARTS) is 2. The first kappa shape index (κ1) is 95.6. The summed E-state index contributed by atoms with van der Waals surface area (Å²) in [5.41, 5.74) is 16.6. The molecule has 10 rings (SSSR count). The third kappa shape index (κ3) is 28.4. The van der Waals surface area contributed by atoms with Crippen molar-refractivity contribution in [2.24, 2.45) is 11.5 Å². The van der Waals surface area contributed by atoms with E-state index in [4.69, 9.17) is 11.5 Å². The highest BCUT2D eigenvalue weighted by atomic mass is 33.1. The Morgan fingerprint density at radius 2 is 0.895 bits per heavy atom. The number of H-pyrrole nitrogens is 2. The van der Waals surface area contributed by atoms with Crippen LogP contribution in [0.15, 0.2) is 128 Å². The number of carboxylic acids is 2. The van der Waals surface area contributed by atoms with Crippen molar-refractivity contribution in [1.29, 1.82) is 0 Å². The van der Waals surface area contributed by atoms with Gasteiger partial charge in [-0.1, -0.05) is 90.7 Å². The lowest BCUT2D eigenvalue weighted by atomic mass is 10.1. The first-order chi connectivity index (χ1) is 59.4. The number of imidazole rings is 2. The van der Waals surface area contributed by atoms with Crippen LogP contribution in [0.4, 0.5) is 0 Å². The number of amides is 14. The van der Waals surface area contributed by atoms with Crippen molar-refractivity contribution >= 4 is 171 Å². The highest BCUT2D eigenvalue weighted by Crippen LogP contribution is 2.26. The van der Waals surface area contributed by atoms with Gasteiger partial charge in [0.15, 0.2) is 6.20 Å². The topological polar surface area (TPSA) is 553 Å². The molecule has 2 fully saturated rings. The number of carbonyl (C=O) groups excluding carboxylic acids is 14. The standard InChI is InChI=1S/C41H52N10O9S2.C40H51N11O9S2/c1-25-41(60)51(17-13-27-22-43-29-10-4-3-9-28(27)29)26(2)38(57)48-32(37(42)56)24-62-61-20-14-33(52)46-30(11-5-7-15-49-18-19-50-16-8-6-12-35(49)50)39(58)44-23-34(53)47-31(21-36(54)55)40(59)45-25;1-24-40(60)50(16-12-26-21-42-28-9-4-3-8-27(26)28)25(2)37(57)48-31(36(41)56)23-62-61-19-13-32(52)46-29(10-5-6-15-49-17-18-51-34(49)11-7-14-44-51)38(58)43-22-33(53)47-30(20-35(54)55)39(59)45-24/h3-4,6,8-10,12,16,18-19,22,25-26,30-32,43H,5,7,11,13-15,17,20-21,23-24H2,1-2H3,(H7-,42,44,45,46,47,48,52,53,54,55,56,57,58,59);3-4,7-9,11,14,17-18,21,24-25,29-31,42H,5-6,10,12-13,15-16,19-20,22-23H2,1-2H3,(H7-,41,43,45,46,47,48,52,53,54,55,56,57,58,59)/p+2/t25-,26-,30?,31-,32-;24-,25-,29?,30-,31-/m00/s1. The molecule has 39 nitrogen and oxygen atoms in total. The minimum absolute atomic E-state index is 0.000550. The Morgan fingerprint density at radius 3 is 1.35 bits per heavy atom. The lowest BCUT2D eigenvalue weighted by molar-refractivity contribution is -0.671. The van der Waals surface area contributed by atoms with Gasteiger partial charge < -0.3 is 94.6 Å². The number of para-hydroxylation sites is 2. The van der Waals surface area contributed by atoms with Gasteiger partial charge in [0.25, 0.3) is 5.65 Å². The Bertz CT molecular complexity index is 4840. The summed E-state index contributed by atoms with van der Waals surface area (Å²) in [5.74, 6) is -12.6. The van der Waals surface area contributed by atoms with Gasteiger partial charge in [-0.3, -0.25) is 76.7 Å². The summed E-state index contributed by atoms with van der Waals surface area (Å²) in [7, 11) is 4.93. The van der Waals surface area contributed by atoms with Gasteiger partial charge in [-0.2, -0.15) is 0 Å². The zero-order valence-corrected chi connectivity index (χ0v) is 72.1. The zero-order chi connectivity index (χ0) is 89.5. The number of unbranched alkanes of at least 4 members (excludes halogenated alkanes) is 2. The molecule has 124 heavy (non-hydrogen) atoms. The lowest BCUT2D eigenvalue weighted by Gasteiger charge is -2.32. The van der Waals surface area contributed by atoms with Gasteiger partial charge in [-0.15, -0.1) is 4.52 Å². The lowest BCUT2D eigenvalue weighted by Crippen LogP contribution is -2.59. The number of aromatic amines is 2. The molecular weight excluding hydrogens is 1680 g/mol. The Morgan fingerprint density at radius 1 is 0.468 bits per heavy atom. The fourth-order valence-corrected chi connectivity index (χ4v) is 18.1. The largest absolute Gasteiger partial charge is 0.481 e. The summed E-state index contributed by atoms with van der Waals surface area (Å²) in [6, 6.07) is 12.0. The van der Waals surface area contributed by atoms with Crippen molar-refractivity contribution in [3.05, 3.63) is 140 Å². The SMILES string of the molecule is C[C@@H]1NC(=O)[C@H](CC(=O)O)NC(=O)CNC(=O)C(CCCC[n+]2ccn3ccccc32)NC(=O)CCSSC[C@@H](C(N)=O)NC(=O)[C@H](C)N(CCc2c[nH]c3ccccc23)C1=O.C[C@@H]1NC(=O)[C@H](CC(=O)O)NC(=O)CNC(=O)C(CCCC[n+]2ccn3ncccc32)NC(=O)CCSSC[C@@H](C(N)=O)NC(=O)[C@H](C)N(CCc2c[nH]c3ccccc23)C1=O. The number of benzene rings is 2. The number of nitrogens with zero attached hydrogens (tertiary/aromatic N) is 7. The molecule has 2 unspecified atom stereocenters. The molecule has 10 atom stereocenters. The monoisotopic (exact) mass is 1790 g/mol. The minimum Gasteiger partial charge on any atom is -0.481 e. The molecule has 43 heteroatoms. The molecule has 6 aromatic heterocycles. The molecule has 0 aliphatic carbocycles. The van der Waals surface area contributed by atoms with Crippen LogP contribution < -0.4 is 73.8 Å². The van der Waals surface area contributed by atoms with E-state index in [1.54, 1.807) is 23.1 Å². The van der Waals surface area contributed by atoms with Gasteiger partial charge in [0.1, 0.15) is 79.0 Å². The molecule has 8 heterocycles. The average Bonchev–Trinajstić information content (AvgIpc) is 1.77. The fourth-order valence-electron chi connectivity index (χ4n) is 13.8. The summed E-state index contributed by atoms with van der Waals surface area (Å²) < 4.78 is 7.77. The molecule has 0 saturated carbocycles. The van der Waals surface area contributed by atoms with Crippen molar-refractivity contribution in [1.82, 2.24) is 87.0 Å². The number of aromatic nitrogens is 7. The van der Waals surface area contributed by atoms with Crippen molar-refractivity contribution in [2.75, 3.05) is 49.2 Å². The fraction of sp³-hybridized carbons (Fsp3) is 0.444. The number of aliphatic carboxylic acids is 2. The van der Waals surface area contributed by atoms with Crippen LogP contribution in [0.3, 0.4) is 0 Å². The van der Waals surface area contributed by atoms with Crippen molar-refractivity contribution < 1.29 is 96.1 Å². The normalized spacial score (nSPS) is 22.0. The predicted molar refractivity (Wildman–Crippen MR) is 462 cm³/mol. The molecule has 0 spiro atoms. The highest BCUT2D eigenvalue weighted by Gasteiger charge is 2.37. The third-order valence-corrected chi connectivity index (χ3v) is 25.4. The number of hydrogen-bond acceptors (Lipinski definition) is 21. The van der Waals surface area contributed by atoms with Crippen LogP contribution in [-0.2, 0) is 103 Å². The van der Waals surface area contributed by atoms with E-state index in [0.717, 1.165) is 44.2 Å². The Hall–Kier alpha value is -12.3. The molecule has 8 aromatic rings. The van der Waals surface area contributed by atoms with Gasteiger partial charge in [-0.05, 0) is 114 Å². The van der Waals surface area contributed by atoms with Crippen molar-refractivity contribution in [3.8, 4) is 0 Å². The van der Waals surface area contributed by atoms with E-state index in [0.29, 0.717) is 51.6 Å². The van der Waals surface area contributed by atoms with E-state index < -0.39 is 181 Å². The average molecular weight is 1790 g/mol. The number of primary amides is 2. The molecule has 664 valence electrons. The second-order valence-corrected chi connectivity index (χ2v) is 34.9. The quantitative estimate of drug-likeness (QED) is 0.0236. The molecule has 0 radical (unpaired) electrons. The predicted octanol–water partition coefficient (Wildman–Crippen LogP) is -0.288. The second kappa shape index (κ2) is 47.4. The number of rotatable bonds is 22. The first-order valence-electron chi connectivity index (χ1n) is 40.4. The molecule has 2 saturated heterocycles. The number of hydrogen-bond donors (Lipinski definition) is 16. The number of pyridine rings is 1. The molecule has 2 aliphatic heterocycles.